The molecular formula is C9H15N7. The van der Waals surface area contributed by atoms with Crippen molar-refractivity contribution in [2.24, 2.45) is 7.05 Å². The molecule has 0 spiro atoms. The van der Waals surface area contributed by atoms with Crippen molar-refractivity contribution in [2.45, 2.75) is 26.1 Å². The number of aromatic nitrogens is 6. The lowest BCUT2D eigenvalue weighted by molar-refractivity contribution is 0.445. The fourth-order valence-electron chi connectivity index (χ4n) is 1.41. The summed E-state index contributed by atoms with van der Waals surface area (Å²) in [6.07, 6.45) is 3.72. The Kier molecular flexibility index (Phi) is 3.25. The molecule has 0 amide bonds. The maximum Gasteiger partial charge on any atom is 0.188 e. The van der Waals surface area contributed by atoms with Crippen LogP contribution in [0.3, 0.4) is 0 Å². The van der Waals surface area contributed by atoms with Crippen molar-refractivity contribution >= 4 is 0 Å². The summed E-state index contributed by atoms with van der Waals surface area (Å²) in [6.45, 7) is 3.54. The molecule has 7 heteroatoms. The highest BCUT2D eigenvalue weighted by Crippen LogP contribution is 1.92. The van der Waals surface area contributed by atoms with Gasteiger partial charge in [0.15, 0.2) is 5.82 Å². The van der Waals surface area contributed by atoms with Crippen LogP contribution >= 0.6 is 0 Å². The molecule has 2 heterocycles. The van der Waals surface area contributed by atoms with Crippen molar-refractivity contribution in [2.75, 3.05) is 0 Å². The molecule has 1 atom stereocenters. The Hall–Kier alpha value is -1.76. The quantitative estimate of drug-likeness (QED) is 0.742. The molecule has 0 aliphatic rings. The van der Waals surface area contributed by atoms with Crippen molar-refractivity contribution in [3.05, 3.63) is 24.3 Å². The van der Waals surface area contributed by atoms with Crippen LogP contribution in [-0.2, 0) is 20.1 Å². The minimum atomic E-state index is 0.309. The van der Waals surface area contributed by atoms with Crippen molar-refractivity contribution in [3.63, 3.8) is 0 Å². The maximum absolute atomic E-state index is 4.14. The molecule has 0 aromatic carbocycles. The second-order valence-electron chi connectivity index (χ2n) is 3.71. The van der Waals surface area contributed by atoms with E-state index in [0.717, 1.165) is 6.54 Å². The van der Waals surface area contributed by atoms with E-state index < -0.39 is 0 Å². The summed E-state index contributed by atoms with van der Waals surface area (Å²) in [7, 11) is 1.75. The van der Waals surface area contributed by atoms with E-state index in [1.165, 1.54) is 4.80 Å². The van der Waals surface area contributed by atoms with Gasteiger partial charge in [0.25, 0.3) is 0 Å². The number of tetrazole rings is 1. The standard InChI is InChI=1S/C9H15N7/c1-8(7-16-5-3-4-11-16)10-6-9-12-14-15(2)13-9/h3-5,8,10H,6-7H2,1-2H3. The first-order valence-corrected chi connectivity index (χ1v) is 5.18. The van der Waals surface area contributed by atoms with Crippen LogP contribution in [0.1, 0.15) is 12.7 Å². The largest absolute Gasteiger partial charge is 0.305 e. The van der Waals surface area contributed by atoms with Crippen molar-refractivity contribution in [3.8, 4) is 0 Å². The highest BCUT2D eigenvalue weighted by molar-refractivity contribution is 4.80. The Bertz CT molecular complexity index is 419. The SMILES string of the molecule is CC(Cn1cccn1)NCc1nnn(C)n1. The summed E-state index contributed by atoms with van der Waals surface area (Å²) in [4.78, 5) is 1.45. The van der Waals surface area contributed by atoms with Crippen LogP contribution in [0.15, 0.2) is 18.5 Å². The van der Waals surface area contributed by atoms with E-state index in [4.69, 9.17) is 0 Å². The summed E-state index contributed by atoms with van der Waals surface area (Å²) in [6, 6.07) is 2.22. The van der Waals surface area contributed by atoms with Gasteiger partial charge in [-0.3, -0.25) is 4.68 Å². The second-order valence-corrected chi connectivity index (χ2v) is 3.71. The van der Waals surface area contributed by atoms with Crippen LogP contribution in [0, 0.1) is 0 Å². The van der Waals surface area contributed by atoms with Gasteiger partial charge in [0.2, 0.25) is 0 Å². The fraction of sp³-hybridized carbons (Fsp3) is 0.556. The molecule has 2 rings (SSSR count). The van der Waals surface area contributed by atoms with E-state index in [-0.39, 0.29) is 0 Å². The summed E-state index contributed by atoms with van der Waals surface area (Å²) < 4.78 is 1.89. The smallest absolute Gasteiger partial charge is 0.188 e. The molecule has 0 fully saturated rings. The van der Waals surface area contributed by atoms with E-state index in [2.05, 4.69) is 32.7 Å². The summed E-state index contributed by atoms with van der Waals surface area (Å²) in [5, 5.41) is 19.2. The Balaban J connectivity index is 1.77. The van der Waals surface area contributed by atoms with E-state index in [1.807, 2.05) is 16.9 Å². The van der Waals surface area contributed by atoms with E-state index in [9.17, 15) is 0 Å². The third-order valence-electron chi connectivity index (χ3n) is 2.18. The lowest BCUT2D eigenvalue weighted by Crippen LogP contribution is -2.30. The molecule has 0 radical (unpaired) electrons. The van der Waals surface area contributed by atoms with Crippen LogP contribution in [0.25, 0.3) is 0 Å². The first-order valence-electron chi connectivity index (χ1n) is 5.18. The zero-order valence-electron chi connectivity index (χ0n) is 9.41. The highest BCUT2D eigenvalue weighted by Gasteiger charge is 2.05. The van der Waals surface area contributed by atoms with Gasteiger partial charge >= 0.3 is 0 Å². The third-order valence-corrected chi connectivity index (χ3v) is 2.18. The first-order chi connectivity index (χ1) is 7.74. The zero-order valence-corrected chi connectivity index (χ0v) is 9.41. The Labute approximate surface area is 93.5 Å². The molecule has 1 unspecified atom stereocenters. The van der Waals surface area contributed by atoms with Crippen molar-refractivity contribution in [1.82, 2.24) is 35.3 Å². The topological polar surface area (TPSA) is 73.5 Å². The molecule has 0 saturated heterocycles. The third kappa shape index (κ3) is 2.86. The molecule has 86 valence electrons. The predicted octanol–water partition coefficient (Wildman–Crippen LogP) is -0.415. The predicted molar refractivity (Wildman–Crippen MR) is 57.3 cm³/mol. The van der Waals surface area contributed by atoms with E-state index in [1.54, 1.807) is 13.2 Å². The van der Waals surface area contributed by atoms with Crippen LogP contribution in [0.2, 0.25) is 0 Å². The summed E-state index contributed by atoms with van der Waals surface area (Å²) in [5.41, 5.74) is 0. The van der Waals surface area contributed by atoms with E-state index >= 15 is 0 Å². The van der Waals surface area contributed by atoms with Gasteiger partial charge in [-0.2, -0.15) is 9.90 Å². The molecule has 0 saturated carbocycles. The van der Waals surface area contributed by atoms with Gasteiger partial charge in [-0.1, -0.05) is 0 Å². The molecule has 0 aliphatic heterocycles. The zero-order chi connectivity index (χ0) is 11.4. The summed E-state index contributed by atoms with van der Waals surface area (Å²) >= 11 is 0. The van der Waals surface area contributed by atoms with Gasteiger partial charge in [0.05, 0.1) is 20.1 Å². The number of aryl methyl sites for hydroxylation is 1. The molecule has 7 nitrogen and oxygen atoms in total. The van der Waals surface area contributed by atoms with Crippen LogP contribution in [0.4, 0.5) is 0 Å². The van der Waals surface area contributed by atoms with Crippen LogP contribution in [-0.4, -0.2) is 36.0 Å². The van der Waals surface area contributed by atoms with Crippen LogP contribution in [0.5, 0.6) is 0 Å². The Morgan fingerprint density at radius 2 is 2.38 bits per heavy atom. The van der Waals surface area contributed by atoms with Crippen molar-refractivity contribution in [1.29, 1.82) is 0 Å². The van der Waals surface area contributed by atoms with Crippen LogP contribution < -0.4 is 5.32 Å². The molecule has 0 bridgehead atoms. The van der Waals surface area contributed by atoms with Gasteiger partial charge in [-0.15, -0.1) is 10.2 Å². The first kappa shape index (κ1) is 10.7. The molecule has 16 heavy (non-hydrogen) atoms. The summed E-state index contributed by atoms with van der Waals surface area (Å²) in [5.74, 6) is 0.704. The van der Waals surface area contributed by atoms with Gasteiger partial charge < -0.3 is 5.32 Å². The monoisotopic (exact) mass is 221 g/mol. The maximum atomic E-state index is 4.14. The minimum absolute atomic E-state index is 0.309. The second kappa shape index (κ2) is 4.84. The number of hydrogen-bond donors (Lipinski definition) is 1. The number of nitrogens with one attached hydrogen (secondary N) is 1. The lowest BCUT2D eigenvalue weighted by Gasteiger charge is -2.11. The van der Waals surface area contributed by atoms with Gasteiger partial charge in [0.1, 0.15) is 0 Å². The Morgan fingerprint density at radius 1 is 1.50 bits per heavy atom. The molecule has 2 aromatic heterocycles. The molecule has 0 aliphatic carbocycles. The average Bonchev–Trinajstić information content (AvgIpc) is 2.87. The van der Waals surface area contributed by atoms with Crippen molar-refractivity contribution < 1.29 is 0 Å². The molecule has 1 N–H and O–H groups in total. The highest BCUT2D eigenvalue weighted by atomic mass is 15.6. The fourth-order valence-corrected chi connectivity index (χ4v) is 1.41. The number of hydrogen-bond acceptors (Lipinski definition) is 5. The van der Waals surface area contributed by atoms with E-state index in [0.29, 0.717) is 18.4 Å². The normalized spacial score (nSPS) is 12.9. The van der Waals surface area contributed by atoms with Gasteiger partial charge in [-0.05, 0) is 18.2 Å². The van der Waals surface area contributed by atoms with Gasteiger partial charge in [0, 0.05) is 18.4 Å². The average molecular weight is 221 g/mol. The number of nitrogens with zero attached hydrogens (tertiary/aromatic N) is 6. The number of rotatable bonds is 5. The Morgan fingerprint density at radius 3 is 3.00 bits per heavy atom. The molecule has 2 aromatic rings. The van der Waals surface area contributed by atoms with Gasteiger partial charge in [-0.25, -0.2) is 0 Å². The lowest BCUT2D eigenvalue weighted by atomic mass is 10.3. The minimum Gasteiger partial charge on any atom is -0.305 e. The molecular weight excluding hydrogens is 206 g/mol.